The van der Waals surface area contributed by atoms with Crippen molar-refractivity contribution in [2.24, 2.45) is 17.3 Å². The van der Waals surface area contributed by atoms with Gasteiger partial charge in [-0.1, -0.05) is 46.8 Å². The van der Waals surface area contributed by atoms with Crippen LogP contribution in [-0.4, -0.2) is 106 Å². The lowest BCUT2D eigenvalue weighted by atomic mass is 9.84. The van der Waals surface area contributed by atoms with Crippen LogP contribution in [0.4, 0.5) is 0 Å². The van der Waals surface area contributed by atoms with Crippen LogP contribution in [0.5, 0.6) is 5.75 Å². The number of amides is 3. The lowest BCUT2D eigenvalue weighted by Crippen LogP contribution is -2.62. The maximum Gasteiger partial charge on any atom is 0.324 e. The first-order chi connectivity index (χ1) is 30.5. The molecule has 3 aliphatic heterocycles. The summed E-state index contributed by atoms with van der Waals surface area (Å²) in [5.74, 6) is -1.95. The number of nitrogens with zero attached hydrogens (tertiary/aromatic N) is 4. The Bertz CT molecular complexity index is 2380. The molecule has 4 N–H and O–H groups in total. The van der Waals surface area contributed by atoms with E-state index in [-0.39, 0.29) is 48.7 Å². The number of rotatable bonds is 10. The van der Waals surface area contributed by atoms with Gasteiger partial charge in [0.25, 0.3) is 5.91 Å². The van der Waals surface area contributed by atoms with Gasteiger partial charge in [0.1, 0.15) is 23.9 Å². The number of aryl methyl sites for hydroxylation is 1. The molecule has 0 saturated carbocycles. The molecular weight excluding hydrogens is 811 g/mol. The zero-order chi connectivity index (χ0) is 46.0. The van der Waals surface area contributed by atoms with Crippen LogP contribution in [0.3, 0.4) is 0 Å². The van der Waals surface area contributed by atoms with E-state index in [0.29, 0.717) is 44.3 Å². The molecule has 14 heteroatoms. The average Bonchev–Trinajstić information content (AvgIpc) is 3.88. The molecule has 344 valence electrons. The van der Waals surface area contributed by atoms with E-state index in [1.54, 1.807) is 37.4 Å². The van der Waals surface area contributed by atoms with Crippen molar-refractivity contribution in [3.05, 3.63) is 71.5 Å². The number of cyclic esters (lactones) is 1. The summed E-state index contributed by atoms with van der Waals surface area (Å²) in [5.41, 5.74) is 9.74. The summed E-state index contributed by atoms with van der Waals surface area (Å²) >= 11 is 0. The minimum atomic E-state index is -1.11. The number of likely N-dealkylation sites (N-methyl/N-ethyl adjacent to an activating group) is 1. The highest BCUT2D eigenvalue weighted by Crippen LogP contribution is 2.42. The van der Waals surface area contributed by atoms with Gasteiger partial charge in [0.2, 0.25) is 11.8 Å². The van der Waals surface area contributed by atoms with Crippen LogP contribution in [0.2, 0.25) is 0 Å². The second kappa shape index (κ2) is 19.4. The second-order valence-corrected chi connectivity index (χ2v) is 19.0. The molecule has 3 aliphatic rings. The van der Waals surface area contributed by atoms with Gasteiger partial charge >= 0.3 is 5.97 Å². The van der Waals surface area contributed by atoms with Gasteiger partial charge in [-0.3, -0.25) is 29.2 Å². The second-order valence-electron chi connectivity index (χ2n) is 19.0. The van der Waals surface area contributed by atoms with Crippen LogP contribution in [0.15, 0.2) is 54.7 Å². The number of carbonyl (C=O) groups excluding carboxylic acids is 4. The van der Waals surface area contributed by atoms with Crippen molar-refractivity contribution >= 4 is 34.6 Å². The van der Waals surface area contributed by atoms with Gasteiger partial charge in [0, 0.05) is 67.8 Å². The number of ether oxygens (including phenoxy) is 2. The first-order valence-corrected chi connectivity index (χ1v) is 23.1. The monoisotopic (exact) mass is 878 g/mol. The number of esters is 1. The van der Waals surface area contributed by atoms with E-state index in [1.807, 2.05) is 45.9 Å². The third kappa shape index (κ3) is 9.55. The number of nitrogens with one attached hydrogen (secondary N) is 3. The maximum absolute atomic E-state index is 14.7. The first-order valence-electron chi connectivity index (χ1n) is 23.1. The van der Waals surface area contributed by atoms with Gasteiger partial charge in [-0.2, -0.15) is 0 Å². The van der Waals surface area contributed by atoms with Gasteiger partial charge in [-0.05, 0) is 117 Å². The van der Waals surface area contributed by atoms with E-state index in [9.17, 15) is 24.3 Å². The smallest absolute Gasteiger partial charge is 0.324 e. The summed E-state index contributed by atoms with van der Waals surface area (Å²) < 4.78 is 14.2. The quantitative estimate of drug-likeness (QED) is 0.132. The predicted molar refractivity (Wildman–Crippen MR) is 247 cm³/mol. The van der Waals surface area contributed by atoms with Gasteiger partial charge in [-0.15, -0.1) is 0 Å². The summed E-state index contributed by atoms with van der Waals surface area (Å²) in [7, 11) is 3.35. The molecule has 6 atom stereocenters. The Labute approximate surface area is 377 Å². The number of methoxy groups -OCH3 is 1. The number of hydrazine groups is 1. The fraction of sp³-hybridized carbons (Fsp3) is 0.540. The molecule has 2 aromatic carbocycles. The predicted octanol–water partition coefficient (Wildman–Crippen LogP) is 6.32. The third-order valence-electron chi connectivity index (χ3n) is 13.4. The molecule has 14 nitrogen and oxygen atoms in total. The minimum absolute atomic E-state index is 0.0150. The van der Waals surface area contributed by atoms with Crippen molar-refractivity contribution in [3.8, 4) is 28.1 Å². The van der Waals surface area contributed by atoms with Crippen LogP contribution in [0.25, 0.3) is 33.3 Å². The molecule has 0 aliphatic carbocycles. The van der Waals surface area contributed by atoms with E-state index in [0.717, 1.165) is 57.5 Å². The van der Waals surface area contributed by atoms with Gasteiger partial charge in [0.15, 0.2) is 0 Å². The number of pyridine rings is 1. The van der Waals surface area contributed by atoms with E-state index in [4.69, 9.17) is 14.5 Å². The number of aromatic nitrogens is 2. The summed E-state index contributed by atoms with van der Waals surface area (Å²) in [6, 6.07) is 12.9. The normalized spacial score (nSPS) is 22.5. The number of hydrogen-bond acceptors (Lipinski definition) is 10. The van der Waals surface area contributed by atoms with E-state index in [2.05, 4.69) is 59.6 Å². The molecule has 6 bridgehead atoms. The van der Waals surface area contributed by atoms with Crippen LogP contribution in [0, 0.1) is 17.3 Å². The molecular formula is C50H67N7O7. The Kier molecular flexibility index (Phi) is 14.2. The number of benzene rings is 2. The fourth-order valence-corrected chi connectivity index (χ4v) is 10.1. The van der Waals surface area contributed by atoms with Crippen LogP contribution in [-0.2, 0) is 48.0 Å². The highest BCUT2D eigenvalue weighted by atomic mass is 16.5. The van der Waals surface area contributed by atoms with Crippen molar-refractivity contribution in [1.29, 1.82) is 0 Å². The number of carbonyl (C=O) groups is 4. The van der Waals surface area contributed by atoms with E-state index in [1.165, 1.54) is 5.01 Å². The van der Waals surface area contributed by atoms with Gasteiger partial charge in [-0.25, -0.2) is 5.43 Å². The molecule has 3 amide bonds. The molecule has 2 fully saturated rings. The molecule has 0 spiro atoms. The summed E-state index contributed by atoms with van der Waals surface area (Å²) in [6.07, 6.45) is 4.59. The molecule has 4 aromatic rings. The molecule has 64 heavy (non-hydrogen) atoms. The van der Waals surface area contributed by atoms with Crippen LogP contribution in [0.1, 0.15) is 97.1 Å². The summed E-state index contributed by atoms with van der Waals surface area (Å²) in [6.45, 7) is 16.0. The Morgan fingerprint density at radius 3 is 2.58 bits per heavy atom. The number of fused-ring (bicyclic) bond motifs is 6. The van der Waals surface area contributed by atoms with Crippen LogP contribution < -0.4 is 16.1 Å². The molecule has 5 heterocycles. The van der Waals surface area contributed by atoms with Crippen molar-refractivity contribution < 1.29 is 33.8 Å². The van der Waals surface area contributed by atoms with Crippen molar-refractivity contribution in [3.63, 3.8) is 0 Å². The lowest BCUT2D eigenvalue weighted by Gasteiger charge is -2.37. The Balaban J connectivity index is 1.33. The number of phenolic OH excluding ortho intramolecular Hbond substituents is 1. The average molecular weight is 878 g/mol. The summed E-state index contributed by atoms with van der Waals surface area (Å²) in [4.78, 5) is 63.4. The lowest BCUT2D eigenvalue weighted by molar-refractivity contribution is -0.155. The number of phenols is 1. The SMILES string of the molecule is CCC1NCCC1C(=O)N(C)[C@H](C(=O)N[C@H]1Cc2cc(O)cc(c2)-c2ccc3c(c2)c(c(-c2cccnc2[C@H](C)OC)n3CC)CC(C)(C)COC(=O)[C@@H]2CCCN(N2)C1=O)C(C)C. The molecule has 2 aromatic heterocycles. The van der Waals surface area contributed by atoms with Gasteiger partial charge < -0.3 is 34.7 Å². The fourth-order valence-electron chi connectivity index (χ4n) is 10.1. The van der Waals surface area contributed by atoms with E-state index >= 15 is 0 Å². The summed E-state index contributed by atoms with van der Waals surface area (Å²) in [5, 5.41) is 20.2. The topological polar surface area (TPSA) is 167 Å². The number of aromatic hydroxyl groups is 1. The first kappa shape index (κ1) is 46.7. The van der Waals surface area contributed by atoms with Crippen molar-refractivity contribution in [2.75, 3.05) is 33.9 Å². The van der Waals surface area contributed by atoms with Gasteiger partial charge in [0.05, 0.1) is 30.0 Å². The van der Waals surface area contributed by atoms with Crippen molar-refractivity contribution in [1.82, 2.24) is 35.5 Å². The van der Waals surface area contributed by atoms with Crippen molar-refractivity contribution in [2.45, 2.75) is 124 Å². The zero-order valence-corrected chi connectivity index (χ0v) is 39.0. The maximum atomic E-state index is 14.7. The molecule has 0 radical (unpaired) electrons. The standard InChI is InChI=1S/C50H67N7O7/c1-10-39-35(18-20-51-39)47(60)55(8)44(29(3)4)46(59)53-41-24-31-22-33(25-34(58)23-31)32-16-17-42-37(26-32)38(45(56(42)11-2)36-14-12-19-52-43(36)30(5)63-9)27-50(6,7)28-64-49(62)40-15-13-21-57(54-40)48(41)61/h12,14,16-17,19,22-23,25-26,29-30,35,39-41,44,51,54,58H,10-11,13,15,18,20-21,24,27-28H2,1-9H3,(H,53,59)/t30-,35?,39?,40-,41-,44-/m0/s1. The Morgan fingerprint density at radius 2 is 1.86 bits per heavy atom. The van der Waals surface area contributed by atoms with E-state index < -0.39 is 41.3 Å². The molecule has 2 unspecified atom stereocenters. The Morgan fingerprint density at radius 1 is 1.08 bits per heavy atom. The van der Waals surface area contributed by atoms with Crippen LogP contribution >= 0.6 is 0 Å². The highest BCUT2D eigenvalue weighted by Gasteiger charge is 2.41. The number of hydrogen-bond donors (Lipinski definition) is 4. The third-order valence-corrected chi connectivity index (χ3v) is 13.4. The largest absolute Gasteiger partial charge is 0.508 e. The minimum Gasteiger partial charge on any atom is -0.508 e. The molecule has 7 rings (SSSR count). The molecule has 2 saturated heterocycles. The highest BCUT2D eigenvalue weighted by molar-refractivity contribution is 5.96. The Hall–Kier alpha value is -5.31. The zero-order valence-electron chi connectivity index (χ0n) is 39.0.